The molecule has 1 aliphatic rings. The average Bonchev–Trinajstić information content (AvgIpc) is 2.59. The molecule has 0 saturated carbocycles. The van der Waals surface area contributed by atoms with Crippen LogP contribution in [0, 0.1) is 0 Å². The SMILES string of the molecule is CCCCB1[Se][Se]B(CCCC)[Se]1. The summed E-state index contributed by atoms with van der Waals surface area (Å²) in [6, 6.07) is 0. The molecule has 13 heavy (non-hydrogen) atoms. The monoisotopic (exact) mass is 376 g/mol. The van der Waals surface area contributed by atoms with Gasteiger partial charge >= 0.3 is 101 Å². The predicted octanol–water partition coefficient (Wildman–Crippen LogP) is 1.60. The Morgan fingerprint density at radius 1 is 0.846 bits per heavy atom. The molecule has 74 valence electrons. The fourth-order valence-electron chi connectivity index (χ4n) is 1.31. The summed E-state index contributed by atoms with van der Waals surface area (Å²) >= 11 is 3.26. The third kappa shape index (κ3) is 5.35. The van der Waals surface area contributed by atoms with E-state index in [1.807, 2.05) is 0 Å². The Balaban J connectivity index is 2.05. The van der Waals surface area contributed by atoms with Crippen LogP contribution in [0.25, 0.3) is 0 Å². The van der Waals surface area contributed by atoms with Gasteiger partial charge in [-0.15, -0.1) is 0 Å². The van der Waals surface area contributed by atoms with Crippen molar-refractivity contribution in [3.8, 4) is 0 Å². The first kappa shape index (κ1) is 12.8. The molecule has 0 aromatic rings. The molecule has 0 unspecified atom stereocenters. The van der Waals surface area contributed by atoms with Gasteiger partial charge in [0.25, 0.3) is 0 Å². The zero-order chi connectivity index (χ0) is 9.52. The molecule has 0 aromatic carbocycles. The van der Waals surface area contributed by atoms with E-state index in [-0.39, 0.29) is 0 Å². The fourth-order valence-corrected chi connectivity index (χ4v) is 26.0. The summed E-state index contributed by atoms with van der Waals surface area (Å²) in [5.41, 5.74) is 0. The molecule has 1 aliphatic heterocycles. The van der Waals surface area contributed by atoms with Crippen LogP contribution >= 0.6 is 0 Å². The predicted molar refractivity (Wildman–Crippen MR) is 68.2 cm³/mol. The maximum absolute atomic E-state index is 2.33. The molecule has 5 heteroatoms. The van der Waals surface area contributed by atoms with E-state index in [2.05, 4.69) is 13.8 Å². The van der Waals surface area contributed by atoms with Gasteiger partial charge in [-0.1, -0.05) is 0 Å². The van der Waals surface area contributed by atoms with Crippen molar-refractivity contribution in [2.75, 3.05) is 0 Å². The Morgan fingerprint density at radius 2 is 1.31 bits per heavy atom. The first-order valence-electron chi connectivity index (χ1n) is 5.34. The van der Waals surface area contributed by atoms with Crippen LogP contribution in [0.15, 0.2) is 0 Å². The second-order valence-electron chi connectivity index (χ2n) is 3.47. The first-order chi connectivity index (χ1) is 6.36. The molecule has 0 amide bonds. The Morgan fingerprint density at radius 3 is 1.69 bits per heavy atom. The number of unbranched alkanes of at least 4 members (excludes halogenated alkanes) is 2. The average molecular weight is 373 g/mol. The molecule has 0 aliphatic carbocycles. The van der Waals surface area contributed by atoms with Gasteiger partial charge in [0.15, 0.2) is 0 Å². The minimum atomic E-state index is 1.06. The van der Waals surface area contributed by atoms with E-state index in [4.69, 9.17) is 0 Å². The second kappa shape index (κ2) is 7.91. The van der Waals surface area contributed by atoms with Crippen molar-refractivity contribution in [1.82, 2.24) is 0 Å². The van der Waals surface area contributed by atoms with Gasteiger partial charge in [-0.25, -0.2) is 0 Å². The molecule has 1 rings (SSSR count). The van der Waals surface area contributed by atoms with Gasteiger partial charge in [0.05, 0.1) is 0 Å². The van der Waals surface area contributed by atoms with Crippen LogP contribution in [0.1, 0.15) is 39.5 Å². The van der Waals surface area contributed by atoms with Crippen molar-refractivity contribution in [3.05, 3.63) is 0 Å². The molecule has 1 heterocycles. The van der Waals surface area contributed by atoms with Gasteiger partial charge in [0.2, 0.25) is 0 Å². The van der Waals surface area contributed by atoms with E-state index in [0.717, 1.165) is 40.5 Å². The van der Waals surface area contributed by atoms with Gasteiger partial charge in [-0.3, -0.25) is 0 Å². The minimum absolute atomic E-state index is 1.06. The standard InChI is InChI=1S/C8H18B2Se3/c1-3-5-7-9-11-10(13-12-9)8-6-4-2/h3-8H2,1-2H3. The Hall–Kier alpha value is 1.69. The van der Waals surface area contributed by atoms with Crippen molar-refractivity contribution in [2.45, 2.75) is 52.2 Å². The molecule has 0 spiro atoms. The Bertz CT molecular complexity index is 121. The number of hydrogen-bond donors (Lipinski definition) is 0. The van der Waals surface area contributed by atoms with Crippen LogP contribution in [0.4, 0.5) is 0 Å². The zero-order valence-electron chi connectivity index (χ0n) is 8.62. The first-order valence-corrected chi connectivity index (χ1v) is 13.6. The van der Waals surface area contributed by atoms with Crippen LogP contribution in [0.5, 0.6) is 0 Å². The van der Waals surface area contributed by atoms with Gasteiger partial charge in [0, 0.05) is 0 Å². The molecular weight excluding hydrogens is 355 g/mol. The van der Waals surface area contributed by atoms with Crippen molar-refractivity contribution < 1.29 is 0 Å². The topological polar surface area (TPSA) is 0 Å². The number of hydrogen-bond acceptors (Lipinski definition) is 0. The maximum atomic E-state index is 2.33. The van der Waals surface area contributed by atoms with E-state index in [1.165, 1.54) is 34.4 Å². The molecular formula is C8H18B2Se3. The molecule has 0 nitrogen and oxygen atoms in total. The summed E-state index contributed by atoms with van der Waals surface area (Å²) < 4.78 is 2.50. The van der Waals surface area contributed by atoms with Gasteiger partial charge in [-0.05, 0) is 0 Å². The fraction of sp³-hybridized carbons (Fsp3) is 1.00. The summed E-state index contributed by atoms with van der Waals surface area (Å²) in [5, 5.41) is 0. The molecule has 0 radical (unpaired) electrons. The van der Waals surface area contributed by atoms with Gasteiger partial charge < -0.3 is 0 Å². The normalized spacial score (nSPS) is 17.1. The van der Waals surface area contributed by atoms with Crippen LogP contribution in [0.3, 0.4) is 0 Å². The van der Waals surface area contributed by atoms with Crippen molar-refractivity contribution in [2.24, 2.45) is 0 Å². The molecule has 0 bridgehead atoms. The summed E-state index contributed by atoms with van der Waals surface area (Å²) in [5.74, 6) is 0. The zero-order valence-corrected chi connectivity index (χ0v) is 13.8. The molecule has 0 N–H and O–H groups in total. The van der Waals surface area contributed by atoms with Crippen molar-refractivity contribution >= 4 is 49.2 Å². The third-order valence-electron chi connectivity index (χ3n) is 2.16. The molecule has 0 atom stereocenters. The summed E-state index contributed by atoms with van der Waals surface area (Å²) in [6.07, 6.45) is 9.00. The van der Waals surface area contributed by atoms with E-state index in [0.29, 0.717) is 0 Å². The van der Waals surface area contributed by atoms with E-state index in [9.17, 15) is 0 Å². The van der Waals surface area contributed by atoms with Crippen LogP contribution in [-0.2, 0) is 0 Å². The van der Waals surface area contributed by atoms with Crippen molar-refractivity contribution in [1.29, 1.82) is 0 Å². The molecule has 1 saturated heterocycles. The van der Waals surface area contributed by atoms with Crippen molar-refractivity contribution in [3.63, 3.8) is 0 Å². The Labute approximate surface area is 101 Å². The van der Waals surface area contributed by atoms with E-state index < -0.39 is 0 Å². The Kier molecular flexibility index (Phi) is 7.76. The summed E-state index contributed by atoms with van der Waals surface area (Å²) in [6.45, 7) is 4.66. The van der Waals surface area contributed by atoms with Crippen LogP contribution < -0.4 is 0 Å². The van der Waals surface area contributed by atoms with Crippen LogP contribution in [-0.4, -0.2) is 49.2 Å². The van der Waals surface area contributed by atoms with E-state index >= 15 is 0 Å². The second-order valence-corrected chi connectivity index (χ2v) is 16.8. The molecule has 0 aromatic heterocycles. The molecule has 1 fully saturated rings. The number of rotatable bonds is 6. The third-order valence-corrected chi connectivity index (χ3v) is 23.8. The van der Waals surface area contributed by atoms with E-state index in [1.54, 1.807) is 12.6 Å². The quantitative estimate of drug-likeness (QED) is 0.621. The summed E-state index contributed by atoms with van der Waals surface area (Å²) in [4.78, 5) is 0. The summed E-state index contributed by atoms with van der Waals surface area (Å²) in [7, 11) is 0. The van der Waals surface area contributed by atoms with Gasteiger partial charge in [-0.2, -0.15) is 0 Å². The van der Waals surface area contributed by atoms with Gasteiger partial charge in [0.1, 0.15) is 0 Å². The van der Waals surface area contributed by atoms with Crippen LogP contribution in [0.2, 0.25) is 12.6 Å².